The van der Waals surface area contributed by atoms with Gasteiger partial charge in [0.15, 0.2) is 0 Å². The lowest BCUT2D eigenvalue weighted by atomic mass is 9.86. The lowest BCUT2D eigenvalue weighted by molar-refractivity contribution is -0.0603. The molecule has 38 heavy (non-hydrogen) atoms. The highest BCUT2D eigenvalue weighted by molar-refractivity contribution is 7.89. The molecule has 2 atom stereocenters. The summed E-state index contributed by atoms with van der Waals surface area (Å²) in [6.07, 6.45) is 2.31. The van der Waals surface area contributed by atoms with E-state index in [0.717, 1.165) is 11.3 Å². The van der Waals surface area contributed by atoms with Gasteiger partial charge in [0.2, 0.25) is 10.0 Å². The first kappa shape index (κ1) is 26.1. The van der Waals surface area contributed by atoms with Gasteiger partial charge < -0.3 is 19.6 Å². The Morgan fingerprint density at radius 3 is 2.45 bits per heavy atom. The number of hydrogen-bond donors (Lipinski definition) is 2. The molecule has 3 heterocycles. The molecular weight excluding hydrogens is 504 g/mol. The first-order valence-electron chi connectivity index (χ1n) is 12.6. The molecule has 5 rings (SSSR count). The maximum absolute atomic E-state index is 13.4. The largest absolute Gasteiger partial charge is 0.485 e. The number of nitrogens with zero attached hydrogens (tertiary/aromatic N) is 3. The summed E-state index contributed by atoms with van der Waals surface area (Å²) in [5.41, 5.74) is 1.66. The van der Waals surface area contributed by atoms with Gasteiger partial charge in [0.05, 0.1) is 10.9 Å². The van der Waals surface area contributed by atoms with Gasteiger partial charge in [0, 0.05) is 55.4 Å². The van der Waals surface area contributed by atoms with Crippen LogP contribution in [0.4, 0.5) is 5.69 Å². The molecule has 2 aromatic carbocycles. The number of aliphatic hydroxyl groups is 1. The summed E-state index contributed by atoms with van der Waals surface area (Å²) in [7, 11) is -3.97. The van der Waals surface area contributed by atoms with Gasteiger partial charge in [-0.1, -0.05) is 12.1 Å². The zero-order valence-electron chi connectivity index (χ0n) is 21.7. The second-order valence-corrected chi connectivity index (χ2v) is 12.0. The Morgan fingerprint density at radius 1 is 1.05 bits per heavy atom. The molecule has 1 unspecified atom stereocenters. The monoisotopic (exact) mass is 536 g/mol. The van der Waals surface area contributed by atoms with Crippen molar-refractivity contribution in [2.24, 2.45) is 0 Å². The molecule has 10 heteroatoms. The van der Waals surface area contributed by atoms with E-state index in [1.165, 1.54) is 6.07 Å². The number of amides is 1. The van der Waals surface area contributed by atoms with Gasteiger partial charge >= 0.3 is 0 Å². The molecule has 1 saturated heterocycles. The maximum atomic E-state index is 13.4. The van der Waals surface area contributed by atoms with Crippen molar-refractivity contribution in [1.29, 1.82) is 0 Å². The van der Waals surface area contributed by atoms with Gasteiger partial charge in [-0.2, -0.15) is 0 Å². The number of piperazine rings is 1. The van der Waals surface area contributed by atoms with Crippen LogP contribution in [0.5, 0.6) is 5.75 Å². The highest BCUT2D eigenvalue weighted by Gasteiger charge is 2.45. The van der Waals surface area contributed by atoms with Crippen LogP contribution in [0.1, 0.15) is 41.4 Å². The average molecular weight is 537 g/mol. The summed E-state index contributed by atoms with van der Waals surface area (Å²) in [6.45, 7) is 7.70. The number of benzene rings is 2. The average Bonchev–Trinajstić information content (AvgIpc) is 2.91. The Kier molecular flexibility index (Phi) is 6.89. The van der Waals surface area contributed by atoms with Gasteiger partial charge in [0.25, 0.3) is 5.91 Å². The first-order valence-corrected chi connectivity index (χ1v) is 14.1. The van der Waals surface area contributed by atoms with E-state index in [9.17, 15) is 18.3 Å². The summed E-state index contributed by atoms with van der Waals surface area (Å²) < 4.78 is 35.3. The van der Waals surface area contributed by atoms with Gasteiger partial charge in [-0.3, -0.25) is 9.78 Å². The number of carbonyl (C=O) groups is 1. The summed E-state index contributed by atoms with van der Waals surface area (Å²) in [4.78, 5) is 21.6. The second kappa shape index (κ2) is 10.0. The molecule has 2 aliphatic heterocycles. The van der Waals surface area contributed by atoms with E-state index in [1.807, 2.05) is 25.1 Å². The molecule has 2 N–H and O–H groups in total. The summed E-state index contributed by atoms with van der Waals surface area (Å²) in [6, 6.07) is 14.5. The van der Waals surface area contributed by atoms with Crippen molar-refractivity contribution >= 4 is 21.6 Å². The minimum absolute atomic E-state index is 0.106. The number of aryl methyl sites for hydroxylation is 1. The van der Waals surface area contributed by atoms with Gasteiger partial charge in [-0.05, 0) is 68.8 Å². The Morgan fingerprint density at radius 2 is 1.76 bits per heavy atom. The fourth-order valence-corrected chi connectivity index (χ4v) is 6.31. The highest BCUT2D eigenvalue weighted by Crippen LogP contribution is 2.41. The molecule has 9 nitrogen and oxygen atoms in total. The maximum Gasteiger partial charge on any atom is 0.253 e. The molecule has 3 aromatic rings. The third kappa shape index (κ3) is 5.11. The molecule has 1 aromatic heterocycles. The third-order valence-electron chi connectivity index (χ3n) is 7.17. The number of rotatable bonds is 5. The van der Waals surface area contributed by atoms with E-state index in [1.54, 1.807) is 61.5 Å². The molecular formula is C28H32N4O5S. The van der Waals surface area contributed by atoms with E-state index in [4.69, 9.17) is 4.74 Å². The van der Waals surface area contributed by atoms with E-state index in [2.05, 4.69) is 14.6 Å². The Labute approximate surface area is 223 Å². The molecule has 0 radical (unpaired) electrons. The van der Waals surface area contributed by atoms with Crippen molar-refractivity contribution < 1.29 is 23.1 Å². The van der Waals surface area contributed by atoms with Crippen LogP contribution in [0, 0.1) is 6.92 Å². The standard InChI is InChI=1S/C28H32N4O5S/c1-19-5-4-6-22(17-19)38(35,36)30-25-23-18-20(7-8-24(23)37-28(2,3)26(25)33)27(34)32-15-13-31(14-16-32)21-9-11-29-12-10-21/h4-12,17-18,25-26,30,33H,13-16H2,1-3H3/t25?,26-/m0/s1. The third-order valence-corrected chi connectivity index (χ3v) is 8.61. The van der Waals surface area contributed by atoms with Crippen molar-refractivity contribution in [3.8, 4) is 5.75 Å². The van der Waals surface area contributed by atoms with Crippen molar-refractivity contribution in [3.05, 3.63) is 83.7 Å². The van der Waals surface area contributed by atoms with E-state index in [-0.39, 0.29) is 10.8 Å². The van der Waals surface area contributed by atoms with Crippen LogP contribution in [-0.4, -0.2) is 67.2 Å². The summed E-state index contributed by atoms with van der Waals surface area (Å²) in [5.74, 6) is 0.276. The van der Waals surface area contributed by atoms with Crippen LogP contribution in [0.3, 0.4) is 0 Å². The molecule has 2 aliphatic rings. The summed E-state index contributed by atoms with van der Waals surface area (Å²) >= 11 is 0. The number of aromatic nitrogens is 1. The number of fused-ring (bicyclic) bond motifs is 1. The molecule has 0 aliphatic carbocycles. The van der Waals surface area contributed by atoms with E-state index >= 15 is 0 Å². The minimum atomic E-state index is -3.97. The molecule has 0 spiro atoms. The molecule has 0 bridgehead atoms. The van der Waals surface area contributed by atoms with Gasteiger partial charge in [0.1, 0.15) is 17.5 Å². The number of sulfonamides is 1. The predicted molar refractivity (Wildman–Crippen MR) is 144 cm³/mol. The quantitative estimate of drug-likeness (QED) is 0.516. The van der Waals surface area contributed by atoms with Crippen LogP contribution in [0.25, 0.3) is 0 Å². The number of nitrogens with one attached hydrogen (secondary N) is 1. The van der Waals surface area contributed by atoms with Crippen LogP contribution in [0.15, 0.2) is 71.9 Å². The molecule has 1 amide bonds. The smallest absolute Gasteiger partial charge is 0.253 e. The SMILES string of the molecule is Cc1cccc(S(=O)(=O)NC2c3cc(C(=O)N4CCN(c5ccncc5)CC4)ccc3OC(C)(C)[C@H]2O)c1. The van der Waals surface area contributed by atoms with Crippen LogP contribution in [0.2, 0.25) is 0 Å². The summed E-state index contributed by atoms with van der Waals surface area (Å²) in [5, 5.41) is 11.2. The number of ether oxygens (including phenoxy) is 1. The zero-order chi connectivity index (χ0) is 27.1. The molecule has 0 saturated carbocycles. The van der Waals surface area contributed by atoms with Gasteiger partial charge in [-0.15, -0.1) is 0 Å². The molecule has 1 fully saturated rings. The van der Waals surface area contributed by atoms with Crippen LogP contribution < -0.4 is 14.4 Å². The normalized spacial score (nSPS) is 20.9. The number of carbonyl (C=O) groups excluding carboxylic acids is 1. The fraction of sp³-hybridized carbons (Fsp3) is 0.357. The first-order chi connectivity index (χ1) is 18.0. The Balaban J connectivity index is 1.40. The number of aliphatic hydroxyl groups excluding tert-OH is 1. The van der Waals surface area contributed by atoms with Crippen LogP contribution >= 0.6 is 0 Å². The van der Waals surface area contributed by atoms with Crippen molar-refractivity contribution in [3.63, 3.8) is 0 Å². The Hall–Kier alpha value is -3.47. The van der Waals surface area contributed by atoms with E-state index in [0.29, 0.717) is 43.1 Å². The van der Waals surface area contributed by atoms with Crippen molar-refractivity contribution in [1.82, 2.24) is 14.6 Å². The lowest BCUT2D eigenvalue weighted by Crippen LogP contribution is -2.53. The minimum Gasteiger partial charge on any atom is -0.485 e. The second-order valence-electron chi connectivity index (χ2n) is 10.3. The van der Waals surface area contributed by atoms with Gasteiger partial charge in [-0.25, -0.2) is 13.1 Å². The Bertz CT molecular complexity index is 1440. The number of hydrogen-bond acceptors (Lipinski definition) is 7. The predicted octanol–water partition coefficient (Wildman–Crippen LogP) is 2.90. The van der Waals surface area contributed by atoms with E-state index < -0.39 is 27.8 Å². The highest BCUT2D eigenvalue weighted by atomic mass is 32.2. The zero-order valence-corrected chi connectivity index (χ0v) is 22.5. The van der Waals surface area contributed by atoms with Crippen molar-refractivity contribution in [2.75, 3.05) is 31.1 Å². The molecule has 200 valence electrons. The van der Waals surface area contributed by atoms with Crippen molar-refractivity contribution in [2.45, 2.75) is 43.4 Å². The van der Waals surface area contributed by atoms with Crippen LogP contribution in [-0.2, 0) is 10.0 Å². The lowest BCUT2D eigenvalue weighted by Gasteiger charge is -2.42. The topological polar surface area (TPSA) is 112 Å². The number of anilines is 1. The number of pyridine rings is 1. The fourth-order valence-electron chi connectivity index (χ4n) is 4.98.